The molecule has 0 radical (unpaired) electrons. The number of fused-ring (bicyclic) bond motifs is 1. The molecule has 3 aromatic rings. The fourth-order valence-corrected chi connectivity index (χ4v) is 3.19. The van der Waals surface area contributed by atoms with Crippen LogP contribution in [-0.2, 0) is 0 Å². The summed E-state index contributed by atoms with van der Waals surface area (Å²) in [5.41, 5.74) is 8.61. The molecular weight excluding hydrogens is 262 g/mol. The monoisotopic (exact) mass is 273 g/mol. The molecule has 0 saturated carbocycles. The Morgan fingerprint density at radius 1 is 1.00 bits per heavy atom. The van der Waals surface area contributed by atoms with Crippen molar-refractivity contribution in [2.45, 2.75) is 6.04 Å². The van der Waals surface area contributed by atoms with Gasteiger partial charge in [-0.05, 0) is 40.1 Å². The number of benzene rings is 2. The van der Waals surface area contributed by atoms with Crippen molar-refractivity contribution in [1.82, 2.24) is 0 Å². The quantitative estimate of drug-likeness (QED) is 0.725. The maximum atomic E-state index is 6.36. The van der Waals surface area contributed by atoms with Crippen LogP contribution in [-0.4, -0.2) is 0 Å². The molecule has 3 heteroatoms. The molecule has 0 aliphatic rings. The number of thiophene rings is 1. The molecular formula is C15H12ClNS. The molecule has 2 aromatic carbocycles. The first-order valence-corrected chi connectivity index (χ1v) is 6.98. The Labute approximate surface area is 115 Å². The van der Waals surface area contributed by atoms with Crippen LogP contribution < -0.4 is 5.73 Å². The zero-order chi connectivity index (χ0) is 12.5. The second-order valence-electron chi connectivity index (χ2n) is 4.22. The van der Waals surface area contributed by atoms with Gasteiger partial charge in [-0.15, -0.1) is 11.3 Å². The van der Waals surface area contributed by atoms with E-state index in [-0.39, 0.29) is 6.04 Å². The Kier molecular flexibility index (Phi) is 3.08. The first-order chi connectivity index (χ1) is 8.75. The van der Waals surface area contributed by atoms with Gasteiger partial charge in [0.1, 0.15) is 0 Å². The van der Waals surface area contributed by atoms with E-state index in [1.54, 1.807) is 11.3 Å². The summed E-state index contributed by atoms with van der Waals surface area (Å²) in [6.45, 7) is 0. The molecule has 0 bridgehead atoms. The molecule has 1 atom stereocenters. The fraction of sp³-hybridized carbons (Fsp3) is 0.0667. The molecule has 0 fully saturated rings. The SMILES string of the molecule is NC(c1ccc(Cl)cc1)c1cccc2ccsc12. The van der Waals surface area contributed by atoms with Gasteiger partial charge in [0, 0.05) is 9.72 Å². The predicted octanol–water partition coefficient (Wildman–Crippen LogP) is 4.60. The highest BCUT2D eigenvalue weighted by atomic mass is 35.5. The summed E-state index contributed by atoms with van der Waals surface area (Å²) in [6, 6.07) is 16.0. The first-order valence-electron chi connectivity index (χ1n) is 5.73. The van der Waals surface area contributed by atoms with Crippen molar-refractivity contribution in [2.75, 3.05) is 0 Å². The number of nitrogens with two attached hydrogens (primary N) is 1. The highest BCUT2D eigenvalue weighted by molar-refractivity contribution is 7.17. The van der Waals surface area contributed by atoms with Crippen LogP contribution in [0.1, 0.15) is 17.2 Å². The van der Waals surface area contributed by atoms with Crippen molar-refractivity contribution in [3.8, 4) is 0 Å². The van der Waals surface area contributed by atoms with Gasteiger partial charge in [-0.2, -0.15) is 0 Å². The molecule has 3 rings (SSSR count). The number of halogens is 1. The van der Waals surface area contributed by atoms with Gasteiger partial charge < -0.3 is 5.73 Å². The zero-order valence-corrected chi connectivity index (χ0v) is 11.2. The standard InChI is InChI=1S/C15H12ClNS/c16-12-6-4-10(5-7-12)14(17)13-3-1-2-11-8-9-18-15(11)13/h1-9,14H,17H2. The summed E-state index contributed by atoms with van der Waals surface area (Å²) in [6.07, 6.45) is 0. The normalized spacial score (nSPS) is 12.8. The minimum absolute atomic E-state index is 0.107. The molecule has 0 saturated heterocycles. The minimum atomic E-state index is -0.107. The third-order valence-electron chi connectivity index (χ3n) is 3.07. The van der Waals surface area contributed by atoms with Crippen LogP contribution in [0.4, 0.5) is 0 Å². The molecule has 1 heterocycles. The van der Waals surface area contributed by atoms with Gasteiger partial charge in [-0.3, -0.25) is 0 Å². The van der Waals surface area contributed by atoms with Crippen molar-refractivity contribution in [1.29, 1.82) is 0 Å². The van der Waals surface area contributed by atoms with Gasteiger partial charge in [0.25, 0.3) is 0 Å². The Balaban J connectivity index is 2.08. The largest absolute Gasteiger partial charge is 0.320 e. The van der Waals surface area contributed by atoms with Crippen LogP contribution in [0.25, 0.3) is 10.1 Å². The number of hydrogen-bond donors (Lipinski definition) is 1. The minimum Gasteiger partial charge on any atom is -0.320 e. The lowest BCUT2D eigenvalue weighted by Crippen LogP contribution is -2.11. The van der Waals surface area contributed by atoms with E-state index in [1.807, 2.05) is 24.3 Å². The van der Waals surface area contributed by atoms with Crippen molar-refractivity contribution in [3.05, 3.63) is 70.1 Å². The number of hydrogen-bond acceptors (Lipinski definition) is 2. The predicted molar refractivity (Wildman–Crippen MR) is 79.3 cm³/mol. The van der Waals surface area contributed by atoms with Crippen LogP contribution >= 0.6 is 22.9 Å². The average molecular weight is 274 g/mol. The molecule has 18 heavy (non-hydrogen) atoms. The van der Waals surface area contributed by atoms with E-state index in [4.69, 9.17) is 17.3 Å². The first kappa shape index (κ1) is 11.7. The van der Waals surface area contributed by atoms with Crippen molar-refractivity contribution < 1.29 is 0 Å². The third-order valence-corrected chi connectivity index (χ3v) is 4.30. The lowest BCUT2D eigenvalue weighted by atomic mass is 9.99. The van der Waals surface area contributed by atoms with Crippen LogP contribution in [0, 0.1) is 0 Å². The highest BCUT2D eigenvalue weighted by Crippen LogP contribution is 2.31. The van der Waals surface area contributed by atoms with E-state index in [1.165, 1.54) is 15.6 Å². The fourth-order valence-electron chi connectivity index (χ4n) is 2.11. The summed E-state index contributed by atoms with van der Waals surface area (Å²) < 4.78 is 1.26. The molecule has 0 aliphatic carbocycles. The average Bonchev–Trinajstić information content (AvgIpc) is 2.87. The van der Waals surface area contributed by atoms with Gasteiger partial charge in [-0.25, -0.2) is 0 Å². The summed E-state index contributed by atoms with van der Waals surface area (Å²) in [5, 5.41) is 4.09. The van der Waals surface area contributed by atoms with Gasteiger partial charge in [0.15, 0.2) is 0 Å². The van der Waals surface area contributed by atoms with E-state index >= 15 is 0 Å². The molecule has 0 spiro atoms. The zero-order valence-electron chi connectivity index (χ0n) is 9.64. The second kappa shape index (κ2) is 4.73. The molecule has 1 nitrogen and oxygen atoms in total. The maximum absolute atomic E-state index is 6.36. The van der Waals surface area contributed by atoms with Crippen LogP contribution in [0.2, 0.25) is 5.02 Å². The lowest BCUT2D eigenvalue weighted by Gasteiger charge is -2.13. The van der Waals surface area contributed by atoms with Crippen molar-refractivity contribution in [2.24, 2.45) is 5.73 Å². The number of rotatable bonds is 2. The summed E-state index contributed by atoms with van der Waals surface area (Å²) in [7, 11) is 0. The van der Waals surface area contributed by atoms with Crippen LogP contribution in [0.15, 0.2) is 53.9 Å². The Bertz CT molecular complexity index is 672. The maximum Gasteiger partial charge on any atom is 0.0565 e. The lowest BCUT2D eigenvalue weighted by molar-refractivity contribution is 0.882. The Morgan fingerprint density at radius 3 is 2.56 bits per heavy atom. The summed E-state index contributed by atoms with van der Waals surface area (Å²) >= 11 is 7.64. The molecule has 1 unspecified atom stereocenters. The summed E-state index contributed by atoms with van der Waals surface area (Å²) in [4.78, 5) is 0. The second-order valence-corrected chi connectivity index (χ2v) is 5.57. The van der Waals surface area contributed by atoms with Crippen molar-refractivity contribution >= 4 is 33.0 Å². The van der Waals surface area contributed by atoms with Crippen LogP contribution in [0.3, 0.4) is 0 Å². The van der Waals surface area contributed by atoms with Gasteiger partial charge in [0.2, 0.25) is 0 Å². The molecule has 0 amide bonds. The van der Waals surface area contributed by atoms with E-state index in [0.717, 1.165) is 10.6 Å². The topological polar surface area (TPSA) is 26.0 Å². The molecule has 2 N–H and O–H groups in total. The van der Waals surface area contributed by atoms with E-state index < -0.39 is 0 Å². The van der Waals surface area contributed by atoms with Crippen molar-refractivity contribution in [3.63, 3.8) is 0 Å². The Morgan fingerprint density at radius 2 is 1.78 bits per heavy atom. The van der Waals surface area contributed by atoms with E-state index in [9.17, 15) is 0 Å². The Hall–Kier alpha value is -1.35. The van der Waals surface area contributed by atoms with Gasteiger partial charge in [0.05, 0.1) is 6.04 Å². The van der Waals surface area contributed by atoms with E-state index in [2.05, 4.69) is 29.6 Å². The third kappa shape index (κ3) is 2.03. The van der Waals surface area contributed by atoms with E-state index in [0.29, 0.717) is 0 Å². The highest BCUT2D eigenvalue weighted by Gasteiger charge is 2.12. The molecule has 0 aliphatic heterocycles. The van der Waals surface area contributed by atoms with Crippen LogP contribution in [0.5, 0.6) is 0 Å². The van der Waals surface area contributed by atoms with Gasteiger partial charge in [-0.1, -0.05) is 41.9 Å². The smallest absolute Gasteiger partial charge is 0.0565 e. The molecule has 1 aromatic heterocycles. The van der Waals surface area contributed by atoms with Gasteiger partial charge >= 0.3 is 0 Å². The molecule has 90 valence electrons. The summed E-state index contributed by atoms with van der Waals surface area (Å²) in [5.74, 6) is 0.